The predicted molar refractivity (Wildman–Crippen MR) is 56.0 cm³/mol. The summed E-state index contributed by atoms with van der Waals surface area (Å²) < 4.78 is 0. The minimum atomic E-state index is 0.0673. The van der Waals surface area contributed by atoms with Gasteiger partial charge in [0.15, 0.2) is 5.78 Å². The molecule has 1 aliphatic carbocycles. The average molecular weight is 194 g/mol. The number of Topliss-reactive ketones (excluding diaryl/α,β-unsaturated/α-hetero) is 1. The zero-order chi connectivity index (χ0) is 10.6. The van der Waals surface area contributed by atoms with Crippen LogP contribution >= 0.6 is 0 Å². The van der Waals surface area contributed by atoms with Crippen molar-refractivity contribution in [2.24, 2.45) is 11.8 Å². The molecule has 0 heterocycles. The Kier molecular flexibility index (Phi) is 4.05. The molecule has 0 aliphatic heterocycles. The Morgan fingerprint density at radius 2 is 2.29 bits per heavy atom. The molecular formula is C12H18O2. The Hall–Kier alpha value is -0.920. The maximum Gasteiger partial charge on any atom is 0.158 e. The number of rotatable bonds is 3. The molecule has 2 atom stereocenters. The van der Waals surface area contributed by atoms with E-state index in [4.69, 9.17) is 0 Å². The summed E-state index contributed by atoms with van der Waals surface area (Å²) in [6.07, 6.45) is 6.95. The quantitative estimate of drug-likeness (QED) is 0.691. The van der Waals surface area contributed by atoms with Crippen LogP contribution in [0, 0.1) is 11.8 Å². The summed E-state index contributed by atoms with van der Waals surface area (Å²) in [5, 5.41) is 0. The fourth-order valence-corrected chi connectivity index (χ4v) is 1.95. The summed E-state index contributed by atoms with van der Waals surface area (Å²) in [4.78, 5) is 22.5. The first-order chi connectivity index (χ1) is 6.61. The summed E-state index contributed by atoms with van der Waals surface area (Å²) in [5.41, 5.74) is 0. The second kappa shape index (κ2) is 5.08. The average Bonchev–Trinajstić information content (AvgIpc) is 2.25. The summed E-state index contributed by atoms with van der Waals surface area (Å²) >= 11 is 0. The van der Waals surface area contributed by atoms with Crippen LogP contribution in [-0.2, 0) is 9.59 Å². The molecule has 0 aromatic carbocycles. The highest BCUT2D eigenvalue weighted by molar-refractivity contribution is 5.92. The molecule has 0 radical (unpaired) electrons. The Morgan fingerprint density at radius 3 is 2.93 bits per heavy atom. The van der Waals surface area contributed by atoms with Crippen LogP contribution in [-0.4, -0.2) is 11.6 Å². The van der Waals surface area contributed by atoms with Crippen molar-refractivity contribution in [3.05, 3.63) is 12.2 Å². The molecule has 0 saturated heterocycles. The van der Waals surface area contributed by atoms with Crippen molar-refractivity contribution in [3.63, 3.8) is 0 Å². The molecule has 1 aliphatic rings. The van der Waals surface area contributed by atoms with Gasteiger partial charge in [-0.25, -0.2) is 0 Å². The second-order valence-electron chi connectivity index (χ2n) is 4.21. The standard InChI is InChI=1S/C12H18O2/c1-9-5-3-4-6-12(14)11(9)8-7-10(2)13/h4,6,9,11H,3,5,7-8H2,1-2H3/t9-,11+/m0/s1. The summed E-state index contributed by atoms with van der Waals surface area (Å²) in [5.74, 6) is 0.865. The Bertz CT molecular complexity index is 253. The van der Waals surface area contributed by atoms with Gasteiger partial charge < -0.3 is 4.79 Å². The number of ketones is 2. The lowest BCUT2D eigenvalue weighted by Crippen LogP contribution is -2.20. The van der Waals surface area contributed by atoms with Crippen LogP contribution < -0.4 is 0 Å². The van der Waals surface area contributed by atoms with E-state index in [1.165, 1.54) is 0 Å². The first-order valence-electron chi connectivity index (χ1n) is 5.31. The lowest BCUT2D eigenvalue weighted by Gasteiger charge is -2.18. The molecule has 2 nitrogen and oxygen atoms in total. The fourth-order valence-electron chi connectivity index (χ4n) is 1.95. The topological polar surface area (TPSA) is 34.1 Å². The van der Waals surface area contributed by atoms with E-state index in [9.17, 15) is 9.59 Å². The highest BCUT2D eigenvalue weighted by Crippen LogP contribution is 2.26. The smallest absolute Gasteiger partial charge is 0.158 e. The van der Waals surface area contributed by atoms with E-state index in [1.54, 1.807) is 13.0 Å². The predicted octanol–water partition coefficient (Wildman–Crippen LogP) is 2.53. The molecule has 14 heavy (non-hydrogen) atoms. The van der Waals surface area contributed by atoms with Crippen molar-refractivity contribution in [1.29, 1.82) is 0 Å². The third kappa shape index (κ3) is 3.09. The minimum absolute atomic E-state index is 0.0673. The molecule has 0 amide bonds. The normalized spacial score (nSPS) is 27.4. The number of hydrogen-bond acceptors (Lipinski definition) is 2. The van der Waals surface area contributed by atoms with E-state index in [0.717, 1.165) is 19.3 Å². The van der Waals surface area contributed by atoms with Crippen molar-refractivity contribution in [1.82, 2.24) is 0 Å². The second-order valence-corrected chi connectivity index (χ2v) is 4.21. The van der Waals surface area contributed by atoms with Crippen LogP contribution in [0.15, 0.2) is 12.2 Å². The van der Waals surface area contributed by atoms with Gasteiger partial charge in [-0.15, -0.1) is 0 Å². The molecule has 0 unspecified atom stereocenters. The van der Waals surface area contributed by atoms with Gasteiger partial charge in [-0.3, -0.25) is 4.79 Å². The first kappa shape index (κ1) is 11.2. The Balaban J connectivity index is 2.57. The van der Waals surface area contributed by atoms with Gasteiger partial charge in [0.05, 0.1) is 0 Å². The molecule has 0 N–H and O–H groups in total. The van der Waals surface area contributed by atoms with Gasteiger partial charge in [-0.1, -0.05) is 13.0 Å². The van der Waals surface area contributed by atoms with Crippen LogP contribution in [0.1, 0.15) is 39.5 Å². The van der Waals surface area contributed by atoms with Crippen molar-refractivity contribution < 1.29 is 9.59 Å². The Labute approximate surface area is 85.4 Å². The molecule has 78 valence electrons. The molecular weight excluding hydrogens is 176 g/mol. The maximum absolute atomic E-state index is 11.6. The van der Waals surface area contributed by atoms with E-state index >= 15 is 0 Å². The van der Waals surface area contributed by atoms with Crippen molar-refractivity contribution >= 4 is 11.6 Å². The van der Waals surface area contributed by atoms with E-state index in [2.05, 4.69) is 6.92 Å². The third-order valence-electron chi connectivity index (χ3n) is 2.93. The number of carbonyl (C=O) groups is 2. The highest BCUT2D eigenvalue weighted by Gasteiger charge is 2.24. The number of hydrogen-bond donors (Lipinski definition) is 0. The van der Waals surface area contributed by atoms with Crippen LogP contribution in [0.5, 0.6) is 0 Å². The molecule has 0 saturated carbocycles. The van der Waals surface area contributed by atoms with Crippen molar-refractivity contribution in [3.8, 4) is 0 Å². The van der Waals surface area contributed by atoms with Crippen LogP contribution in [0.2, 0.25) is 0 Å². The van der Waals surface area contributed by atoms with Crippen molar-refractivity contribution in [2.75, 3.05) is 0 Å². The SMILES string of the molecule is CC(=O)CC[C@H]1C(=O)C=CCC[C@@H]1C. The van der Waals surface area contributed by atoms with E-state index in [-0.39, 0.29) is 17.5 Å². The monoisotopic (exact) mass is 194 g/mol. The van der Waals surface area contributed by atoms with Crippen molar-refractivity contribution in [2.45, 2.75) is 39.5 Å². The lowest BCUT2D eigenvalue weighted by atomic mass is 9.85. The maximum atomic E-state index is 11.6. The zero-order valence-electron chi connectivity index (χ0n) is 8.95. The molecule has 0 spiro atoms. The van der Waals surface area contributed by atoms with Gasteiger partial charge in [0.2, 0.25) is 0 Å². The van der Waals surface area contributed by atoms with Gasteiger partial charge in [0.1, 0.15) is 5.78 Å². The third-order valence-corrected chi connectivity index (χ3v) is 2.93. The van der Waals surface area contributed by atoms with Gasteiger partial charge in [0, 0.05) is 12.3 Å². The molecule has 0 fully saturated rings. The molecule has 0 bridgehead atoms. The van der Waals surface area contributed by atoms with Crippen LogP contribution in [0.25, 0.3) is 0 Å². The number of carbonyl (C=O) groups excluding carboxylic acids is 2. The van der Waals surface area contributed by atoms with E-state index in [1.807, 2.05) is 6.08 Å². The van der Waals surface area contributed by atoms with Gasteiger partial charge in [-0.2, -0.15) is 0 Å². The van der Waals surface area contributed by atoms with Gasteiger partial charge in [-0.05, 0) is 38.2 Å². The van der Waals surface area contributed by atoms with E-state index in [0.29, 0.717) is 12.3 Å². The van der Waals surface area contributed by atoms with Crippen LogP contribution in [0.4, 0.5) is 0 Å². The van der Waals surface area contributed by atoms with Crippen LogP contribution in [0.3, 0.4) is 0 Å². The minimum Gasteiger partial charge on any atom is -0.300 e. The first-order valence-corrected chi connectivity index (χ1v) is 5.31. The lowest BCUT2D eigenvalue weighted by molar-refractivity contribution is -0.120. The van der Waals surface area contributed by atoms with E-state index < -0.39 is 0 Å². The molecule has 0 aromatic rings. The molecule has 1 rings (SSSR count). The largest absolute Gasteiger partial charge is 0.300 e. The fraction of sp³-hybridized carbons (Fsp3) is 0.667. The summed E-state index contributed by atoms with van der Waals surface area (Å²) in [7, 11) is 0. The van der Waals surface area contributed by atoms with Gasteiger partial charge in [0.25, 0.3) is 0 Å². The Morgan fingerprint density at radius 1 is 1.57 bits per heavy atom. The summed E-state index contributed by atoms with van der Waals surface area (Å²) in [6, 6.07) is 0. The molecule has 2 heteroatoms. The zero-order valence-corrected chi connectivity index (χ0v) is 8.95. The number of allylic oxidation sites excluding steroid dienone is 2. The summed E-state index contributed by atoms with van der Waals surface area (Å²) in [6.45, 7) is 3.69. The highest BCUT2D eigenvalue weighted by atomic mass is 16.1. The molecule has 0 aromatic heterocycles. The van der Waals surface area contributed by atoms with Gasteiger partial charge >= 0.3 is 0 Å².